The number of hydrogen-bond acceptors (Lipinski definition) is 6. The van der Waals surface area contributed by atoms with Crippen LogP contribution in [0.25, 0.3) is 0 Å². The minimum atomic E-state index is -0.158. The zero-order chi connectivity index (χ0) is 22.3. The standard InChI is InChI=1S/C25H37ClO6/c1-17(26)7-6-8-18(30-24-9-2-4-13-28-24)11-12-19-20-15-23(27)31-22(20)16-21(19)32-25-10-3-5-14-29-25/h7,11-12,18-22,24-25H,2-6,8-10,13-16H2,1H3/b12-11+,17-7+/t18-,19+,20+,21+,22-,24?,25?/m0/s1. The third-order valence-electron chi connectivity index (χ3n) is 6.90. The lowest BCUT2D eigenvalue weighted by atomic mass is 9.91. The summed E-state index contributed by atoms with van der Waals surface area (Å²) in [5.74, 6) is 0.168. The van der Waals surface area contributed by atoms with Gasteiger partial charge in [-0.3, -0.25) is 4.79 Å². The van der Waals surface area contributed by atoms with Crippen LogP contribution in [0, 0.1) is 11.8 Å². The summed E-state index contributed by atoms with van der Waals surface area (Å²) in [6.45, 7) is 3.40. The lowest BCUT2D eigenvalue weighted by Crippen LogP contribution is -2.31. The molecular weight excluding hydrogens is 432 g/mol. The second-order valence-corrected chi connectivity index (χ2v) is 10.00. The molecule has 0 aromatic carbocycles. The van der Waals surface area contributed by atoms with Gasteiger partial charge in [0.15, 0.2) is 12.6 Å². The van der Waals surface area contributed by atoms with Gasteiger partial charge in [0.2, 0.25) is 0 Å². The number of halogens is 1. The minimum absolute atomic E-state index is 0.00554. The van der Waals surface area contributed by atoms with E-state index in [2.05, 4.69) is 12.2 Å². The topological polar surface area (TPSA) is 63.2 Å². The number of carbonyl (C=O) groups is 1. The Balaban J connectivity index is 1.43. The van der Waals surface area contributed by atoms with Gasteiger partial charge in [0.05, 0.1) is 18.6 Å². The second kappa shape index (κ2) is 12.0. The lowest BCUT2D eigenvalue weighted by molar-refractivity contribution is -0.194. The Labute approximate surface area is 196 Å². The molecule has 32 heavy (non-hydrogen) atoms. The molecule has 0 aromatic rings. The van der Waals surface area contributed by atoms with E-state index in [1.807, 2.05) is 13.0 Å². The Hall–Kier alpha value is -0.920. The zero-order valence-electron chi connectivity index (χ0n) is 19.1. The maximum Gasteiger partial charge on any atom is 0.306 e. The molecule has 3 heterocycles. The quantitative estimate of drug-likeness (QED) is 0.340. The van der Waals surface area contributed by atoms with Crippen molar-refractivity contribution in [2.75, 3.05) is 13.2 Å². The number of allylic oxidation sites excluding steroid dienone is 2. The Bertz CT molecular complexity index is 663. The van der Waals surface area contributed by atoms with Crippen molar-refractivity contribution < 1.29 is 28.5 Å². The van der Waals surface area contributed by atoms with Crippen LogP contribution in [0.3, 0.4) is 0 Å². The monoisotopic (exact) mass is 468 g/mol. The van der Waals surface area contributed by atoms with E-state index in [4.69, 9.17) is 35.3 Å². The van der Waals surface area contributed by atoms with Crippen LogP contribution < -0.4 is 0 Å². The summed E-state index contributed by atoms with van der Waals surface area (Å²) in [5, 5.41) is 0.794. The molecule has 4 rings (SSSR count). The van der Waals surface area contributed by atoms with E-state index in [1.54, 1.807) is 0 Å². The predicted octanol–water partition coefficient (Wildman–Crippen LogP) is 5.24. The molecule has 0 radical (unpaired) electrons. The number of esters is 1. The normalized spacial score (nSPS) is 36.9. The molecule has 3 aliphatic heterocycles. The van der Waals surface area contributed by atoms with E-state index < -0.39 is 0 Å². The van der Waals surface area contributed by atoms with Gasteiger partial charge in [0, 0.05) is 36.5 Å². The van der Waals surface area contributed by atoms with Crippen molar-refractivity contribution in [2.45, 2.75) is 102 Å². The molecular formula is C25H37ClO6. The fraction of sp³-hybridized carbons (Fsp3) is 0.800. The van der Waals surface area contributed by atoms with Crippen LogP contribution in [0.4, 0.5) is 0 Å². The van der Waals surface area contributed by atoms with E-state index in [1.165, 1.54) is 0 Å². The van der Waals surface area contributed by atoms with Gasteiger partial charge >= 0.3 is 5.97 Å². The number of hydrogen-bond donors (Lipinski definition) is 0. The number of rotatable bonds is 9. The van der Waals surface area contributed by atoms with E-state index in [9.17, 15) is 4.79 Å². The Kier molecular flexibility index (Phi) is 9.06. The first kappa shape index (κ1) is 24.2. The van der Waals surface area contributed by atoms with Crippen molar-refractivity contribution in [1.29, 1.82) is 0 Å². The molecule has 180 valence electrons. The van der Waals surface area contributed by atoms with Crippen molar-refractivity contribution >= 4 is 17.6 Å². The van der Waals surface area contributed by atoms with Gasteiger partial charge in [0.25, 0.3) is 0 Å². The first-order chi connectivity index (χ1) is 15.6. The van der Waals surface area contributed by atoms with Crippen LogP contribution in [0.1, 0.15) is 71.1 Å². The average Bonchev–Trinajstić information content (AvgIpc) is 3.28. The molecule has 0 aromatic heterocycles. The van der Waals surface area contributed by atoms with Crippen molar-refractivity contribution in [3.8, 4) is 0 Å². The summed E-state index contributed by atoms with van der Waals surface area (Å²) < 4.78 is 29.9. The summed E-state index contributed by atoms with van der Waals surface area (Å²) >= 11 is 6.02. The molecule has 0 amide bonds. The van der Waals surface area contributed by atoms with Crippen LogP contribution in [0.2, 0.25) is 0 Å². The van der Waals surface area contributed by atoms with E-state index in [0.29, 0.717) is 6.42 Å². The third-order valence-corrected chi connectivity index (χ3v) is 7.06. The molecule has 4 aliphatic rings. The van der Waals surface area contributed by atoms with Gasteiger partial charge in [-0.05, 0) is 58.3 Å². The van der Waals surface area contributed by atoms with E-state index in [0.717, 1.165) is 76.0 Å². The molecule has 4 fully saturated rings. The summed E-state index contributed by atoms with van der Waals surface area (Å²) in [7, 11) is 0. The molecule has 7 atom stereocenters. The lowest BCUT2D eigenvalue weighted by Gasteiger charge is -2.29. The summed E-state index contributed by atoms with van der Waals surface area (Å²) in [4.78, 5) is 11.9. The summed E-state index contributed by atoms with van der Waals surface area (Å²) in [6, 6.07) is 0. The molecule has 1 saturated carbocycles. The largest absolute Gasteiger partial charge is 0.462 e. The highest BCUT2D eigenvalue weighted by molar-refractivity contribution is 6.29. The number of fused-ring (bicyclic) bond motifs is 1. The van der Waals surface area contributed by atoms with Crippen LogP contribution >= 0.6 is 11.6 Å². The maximum absolute atomic E-state index is 11.9. The molecule has 6 nitrogen and oxygen atoms in total. The van der Waals surface area contributed by atoms with Crippen LogP contribution in [-0.4, -0.2) is 50.1 Å². The molecule has 1 aliphatic carbocycles. The van der Waals surface area contributed by atoms with Crippen molar-refractivity contribution in [2.24, 2.45) is 11.8 Å². The van der Waals surface area contributed by atoms with Gasteiger partial charge in [-0.2, -0.15) is 0 Å². The number of ether oxygens (including phenoxy) is 5. The van der Waals surface area contributed by atoms with Gasteiger partial charge < -0.3 is 23.7 Å². The Morgan fingerprint density at radius 3 is 2.59 bits per heavy atom. The van der Waals surface area contributed by atoms with Crippen LogP contribution in [0.5, 0.6) is 0 Å². The first-order valence-corrected chi connectivity index (χ1v) is 12.7. The average molecular weight is 469 g/mol. The molecule has 0 N–H and O–H groups in total. The zero-order valence-corrected chi connectivity index (χ0v) is 19.8. The van der Waals surface area contributed by atoms with Crippen molar-refractivity contribution in [3.63, 3.8) is 0 Å². The van der Waals surface area contributed by atoms with Crippen molar-refractivity contribution in [1.82, 2.24) is 0 Å². The third kappa shape index (κ3) is 6.80. The molecule has 0 bridgehead atoms. The van der Waals surface area contributed by atoms with Gasteiger partial charge in [-0.25, -0.2) is 0 Å². The second-order valence-electron chi connectivity index (χ2n) is 9.40. The predicted molar refractivity (Wildman–Crippen MR) is 121 cm³/mol. The fourth-order valence-corrected chi connectivity index (χ4v) is 5.35. The van der Waals surface area contributed by atoms with E-state index in [-0.39, 0.29) is 48.7 Å². The first-order valence-electron chi connectivity index (χ1n) is 12.3. The van der Waals surface area contributed by atoms with Gasteiger partial charge in [0.1, 0.15) is 6.10 Å². The Morgan fingerprint density at radius 2 is 1.91 bits per heavy atom. The number of carbonyl (C=O) groups excluding carboxylic acids is 1. The van der Waals surface area contributed by atoms with Crippen LogP contribution in [0.15, 0.2) is 23.3 Å². The smallest absolute Gasteiger partial charge is 0.306 e. The minimum Gasteiger partial charge on any atom is -0.462 e. The highest BCUT2D eigenvalue weighted by Crippen LogP contribution is 2.44. The van der Waals surface area contributed by atoms with Gasteiger partial charge in [-0.15, -0.1) is 0 Å². The fourth-order valence-electron chi connectivity index (χ4n) is 5.25. The van der Waals surface area contributed by atoms with Crippen molar-refractivity contribution in [3.05, 3.63) is 23.3 Å². The van der Waals surface area contributed by atoms with Gasteiger partial charge in [-0.1, -0.05) is 29.8 Å². The molecule has 3 saturated heterocycles. The summed E-state index contributed by atoms with van der Waals surface area (Å²) in [5.41, 5.74) is 0. The van der Waals surface area contributed by atoms with Crippen LogP contribution in [-0.2, 0) is 28.5 Å². The Morgan fingerprint density at radius 1 is 1.16 bits per heavy atom. The molecule has 7 heteroatoms. The maximum atomic E-state index is 11.9. The molecule has 2 unspecified atom stereocenters. The SMILES string of the molecule is C/C(Cl)=C\CC[C@@H](/C=C/[C@@H]1[C@H]2CC(=O)O[C@H]2C[C@H]1OC1CCCCO1)OC1CCCCO1. The highest BCUT2D eigenvalue weighted by atomic mass is 35.5. The highest BCUT2D eigenvalue weighted by Gasteiger charge is 2.50. The van der Waals surface area contributed by atoms with E-state index >= 15 is 0 Å². The summed E-state index contributed by atoms with van der Waals surface area (Å²) in [6.07, 6.45) is 15.1. The molecule has 0 spiro atoms.